The van der Waals surface area contributed by atoms with Gasteiger partial charge >= 0.3 is 16.2 Å². The molecule has 0 amide bonds. The van der Waals surface area contributed by atoms with Crippen LogP contribution in [0.5, 0.6) is 0 Å². The van der Waals surface area contributed by atoms with Gasteiger partial charge in [-0.2, -0.15) is 12.7 Å². The van der Waals surface area contributed by atoms with Crippen LogP contribution in [0.1, 0.15) is 30.1 Å². The number of carboxylic acid groups (broad SMARTS) is 1. The number of anilines is 1. The van der Waals surface area contributed by atoms with Crippen LogP contribution in [0.3, 0.4) is 0 Å². The summed E-state index contributed by atoms with van der Waals surface area (Å²) in [6.45, 7) is 2.37. The Bertz CT molecular complexity index is 545. The summed E-state index contributed by atoms with van der Waals surface area (Å²) >= 11 is 0. The molecule has 1 heterocycles. The van der Waals surface area contributed by atoms with Crippen molar-refractivity contribution in [1.82, 2.24) is 9.29 Å². The van der Waals surface area contributed by atoms with Gasteiger partial charge in [-0.1, -0.05) is 13.3 Å². The van der Waals surface area contributed by atoms with Crippen molar-refractivity contribution in [2.24, 2.45) is 0 Å². The standard InChI is InChI=1S/C11H17N3O4S/c1-3-4-5-14(2)19(17,18)13-10-6-9(11(15)16)7-12-8-10/h6-8,13H,3-5H2,1-2H3,(H,15,16). The van der Waals surface area contributed by atoms with Crippen molar-refractivity contribution in [3.63, 3.8) is 0 Å². The zero-order chi connectivity index (χ0) is 14.5. The minimum Gasteiger partial charge on any atom is -0.478 e. The number of hydrogen-bond donors (Lipinski definition) is 2. The Morgan fingerprint density at radius 3 is 2.74 bits per heavy atom. The molecule has 0 radical (unpaired) electrons. The smallest absolute Gasteiger partial charge is 0.337 e. The molecule has 0 bridgehead atoms. The lowest BCUT2D eigenvalue weighted by Crippen LogP contribution is -2.33. The maximum Gasteiger partial charge on any atom is 0.337 e. The van der Waals surface area contributed by atoms with Gasteiger partial charge in [-0.3, -0.25) is 9.71 Å². The molecule has 8 heteroatoms. The number of unbranched alkanes of at least 4 members (excludes halogenated alkanes) is 1. The average Bonchev–Trinajstić information content (AvgIpc) is 2.35. The molecule has 0 aliphatic heterocycles. The van der Waals surface area contributed by atoms with Gasteiger partial charge in [-0.05, 0) is 12.5 Å². The molecule has 7 nitrogen and oxygen atoms in total. The Kier molecular flexibility index (Phi) is 5.25. The van der Waals surface area contributed by atoms with Gasteiger partial charge in [0.15, 0.2) is 0 Å². The Labute approximate surface area is 112 Å². The summed E-state index contributed by atoms with van der Waals surface area (Å²) in [6, 6.07) is 1.22. The third-order valence-corrected chi connectivity index (χ3v) is 3.97. The van der Waals surface area contributed by atoms with Gasteiger partial charge in [0.25, 0.3) is 0 Å². The molecule has 0 spiro atoms. The number of nitrogens with zero attached hydrogens (tertiary/aromatic N) is 2. The van der Waals surface area contributed by atoms with E-state index in [2.05, 4.69) is 9.71 Å². The minimum atomic E-state index is -3.68. The normalized spacial score (nSPS) is 11.5. The van der Waals surface area contributed by atoms with E-state index in [1.807, 2.05) is 6.92 Å². The number of carboxylic acids is 1. The molecule has 0 atom stereocenters. The maximum absolute atomic E-state index is 11.9. The summed E-state index contributed by atoms with van der Waals surface area (Å²) < 4.78 is 27.3. The average molecular weight is 287 g/mol. The van der Waals surface area contributed by atoms with Crippen LogP contribution in [-0.2, 0) is 10.2 Å². The first-order valence-electron chi connectivity index (χ1n) is 5.79. The topological polar surface area (TPSA) is 99.6 Å². The molecule has 0 saturated heterocycles. The van der Waals surface area contributed by atoms with E-state index in [0.717, 1.165) is 19.0 Å². The zero-order valence-electron chi connectivity index (χ0n) is 10.8. The number of rotatable bonds is 7. The van der Waals surface area contributed by atoms with Crippen LogP contribution in [0.2, 0.25) is 0 Å². The summed E-state index contributed by atoms with van der Waals surface area (Å²) in [7, 11) is -2.21. The van der Waals surface area contributed by atoms with Gasteiger partial charge in [0.2, 0.25) is 0 Å². The second-order valence-corrected chi connectivity index (χ2v) is 5.83. The number of nitrogens with one attached hydrogen (secondary N) is 1. The summed E-state index contributed by atoms with van der Waals surface area (Å²) in [5.74, 6) is -1.16. The molecule has 1 aromatic rings. The van der Waals surface area contributed by atoms with Gasteiger partial charge in [-0.15, -0.1) is 0 Å². The zero-order valence-corrected chi connectivity index (χ0v) is 11.6. The van der Waals surface area contributed by atoms with E-state index >= 15 is 0 Å². The molecular formula is C11H17N3O4S. The first-order chi connectivity index (χ1) is 8.86. The van der Waals surface area contributed by atoms with Gasteiger partial charge < -0.3 is 5.11 Å². The lowest BCUT2D eigenvalue weighted by Gasteiger charge is -2.17. The molecule has 0 unspecified atom stereocenters. The lowest BCUT2D eigenvalue weighted by molar-refractivity contribution is 0.0696. The fourth-order valence-electron chi connectivity index (χ4n) is 1.34. The van der Waals surface area contributed by atoms with Crippen LogP contribution in [0.25, 0.3) is 0 Å². The van der Waals surface area contributed by atoms with Crippen molar-refractivity contribution in [3.8, 4) is 0 Å². The molecular weight excluding hydrogens is 270 g/mol. The largest absolute Gasteiger partial charge is 0.478 e. The minimum absolute atomic E-state index is 0.0728. The Hall–Kier alpha value is -1.67. The van der Waals surface area contributed by atoms with E-state index in [-0.39, 0.29) is 11.3 Å². The lowest BCUT2D eigenvalue weighted by atomic mass is 10.3. The maximum atomic E-state index is 11.9. The Morgan fingerprint density at radius 2 is 2.16 bits per heavy atom. The molecule has 0 aromatic carbocycles. The third kappa shape index (κ3) is 4.49. The predicted octanol–water partition coefficient (Wildman–Crippen LogP) is 1.17. The molecule has 0 fully saturated rings. The fourth-order valence-corrected chi connectivity index (χ4v) is 2.28. The van der Waals surface area contributed by atoms with Crippen molar-refractivity contribution >= 4 is 21.9 Å². The van der Waals surface area contributed by atoms with Crippen LogP contribution in [-0.4, -0.2) is 42.4 Å². The quantitative estimate of drug-likeness (QED) is 0.784. The van der Waals surface area contributed by atoms with Crippen molar-refractivity contribution in [2.75, 3.05) is 18.3 Å². The van der Waals surface area contributed by atoms with Gasteiger partial charge in [0, 0.05) is 19.8 Å². The molecule has 0 saturated carbocycles. The monoisotopic (exact) mass is 287 g/mol. The number of aromatic carboxylic acids is 1. The summed E-state index contributed by atoms with van der Waals surface area (Å²) in [4.78, 5) is 14.5. The van der Waals surface area contributed by atoms with E-state index in [1.165, 1.54) is 23.6 Å². The third-order valence-electron chi connectivity index (χ3n) is 2.47. The van der Waals surface area contributed by atoms with Crippen LogP contribution >= 0.6 is 0 Å². The van der Waals surface area contributed by atoms with Gasteiger partial charge in [-0.25, -0.2) is 4.79 Å². The molecule has 1 rings (SSSR count). The molecule has 19 heavy (non-hydrogen) atoms. The predicted molar refractivity (Wildman–Crippen MR) is 71.3 cm³/mol. The number of pyridine rings is 1. The number of aromatic nitrogens is 1. The van der Waals surface area contributed by atoms with Crippen LogP contribution in [0, 0.1) is 0 Å². The van der Waals surface area contributed by atoms with Crippen molar-refractivity contribution < 1.29 is 18.3 Å². The van der Waals surface area contributed by atoms with Crippen molar-refractivity contribution in [3.05, 3.63) is 24.0 Å². The Morgan fingerprint density at radius 1 is 1.47 bits per heavy atom. The van der Waals surface area contributed by atoms with E-state index in [4.69, 9.17) is 5.11 Å². The van der Waals surface area contributed by atoms with Crippen LogP contribution < -0.4 is 4.72 Å². The van der Waals surface area contributed by atoms with Crippen LogP contribution in [0.15, 0.2) is 18.5 Å². The SMILES string of the molecule is CCCCN(C)S(=O)(=O)Nc1cncc(C(=O)O)c1. The van der Waals surface area contributed by atoms with Gasteiger partial charge in [0.05, 0.1) is 17.4 Å². The first-order valence-corrected chi connectivity index (χ1v) is 7.23. The summed E-state index contributed by atoms with van der Waals surface area (Å²) in [6.07, 6.45) is 4.05. The van der Waals surface area contributed by atoms with E-state index < -0.39 is 16.2 Å². The van der Waals surface area contributed by atoms with Crippen molar-refractivity contribution in [1.29, 1.82) is 0 Å². The highest BCUT2D eigenvalue weighted by Crippen LogP contribution is 2.12. The number of carbonyl (C=O) groups is 1. The molecule has 0 aliphatic carbocycles. The summed E-state index contributed by atoms with van der Waals surface area (Å²) in [5, 5.41) is 8.81. The summed E-state index contributed by atoms with van der Waals surface area (Å²) in [5.41, 5.74) is 0.0552. The second-order valence-electron chi connectivity index (χ2n) is 4.05. The van der Waals surface area contributed by atoms with Crippen molar-refractivity contribution in [2.45, 2.75) is 19.8 Å². The highest BCUT2D eigenvalue weighted by Gasteiger charge is 2.17. The van der Waals surface area contributed by atoms with Crippen LogP contribution in [0.4, 0.5) is 5.69 Å². The molecule has 2 N–H and O–H groups in total. The van der Waals surface area contributed by atoms with E-state index in [9.17, 15) is 13.2 Å². The molecule has 1 aromatic heterocycles. The molecule has 106 valence electrons. The Balaban J connectivity index is 2.83. The first kappa shape index (κ1) is 15.4. The number of hydrogen-bond acceptors (Lipinski definition) is 4. The highest BCUT2D eigenvalue weighted by atomic mass is 32.2. The van der Waals surface area contributed by atoms with E-state index in [1.54, 1.807) is 0 Å². The van der Waals surface area contributed by atoms with Gasteiger partial charge in [0.1, 0.15) is 0 Å². The van der Waals surface area contributed by atoms with E-state index in [0.29, 0.717) is 6.54 Å². The highest BCUT2D eigenvalue weighted by molar-refractivity contribution is 7.90. The molecule has 0 aliphatic rings. The second kappa shape index (κ2) is 6.48. The fraction of sp³-hybridized carbons (Fsp3) is 0.455.